The predicted molar refractivity (Wildman–Crippen MR) is 80.8 cm³/mol. The fourth-order valence-corrected chi connectivity index (χ4v) is 2.95. The third kappa shape index (κ3) is 2.17. The third-order valence-electron chi connectivity index (χ3n) is 4.24. The minimum Gasteiger partial charge on any atom is -0.327 e. The second-order valence-electron chi connectivity index (χ2n) is 5.57. The highest BCUT2D eigenvalue weighted by Crippen LogP contribution is 2.33. The summed E-state index contributed by atoms with van der Waals surface area (Å²) in [7, 11) is 0. The van der Waals surface area contributed by atoms with Crippen molar-refractivity contribution in [3.8, 4) is 0 Å². The van der Waals surface area contributed by atoms with Gasteiger partial charge in [0.2, 0.25) is 0 Å². The minimum atomic E-state index is 0.299. The molecule has 19 heavy (non-hydrogen) atoms. The summed E-state index contributed by atoms with van der Waals surface area (Å²) in [5.41, 5.74) is 7.15. The molecule has 1 aromatic heterocycles. The van der Waals surface area contributed by atoms with Crippen LogP contribution in [-0.2, 0) is 0 Å². The summed E-state index contributed by atoms with van der Waals surface area (Å²) < 4.78 is 0. The van der Waals surface area contributed by atoms with Crippen molar-refractivity contribution in [3.63, 3.8) is 0 Å². The molecule has 0 aliphatic heterocycles. The van der Waals surface area contributed by atoms with Gasteiger partial charge in [-0.15, -0.1) is 0 Å². The predicted octanol–water partition coefficient (Wildman–Crippen LogP) is 1.80. The van der Waals surface area contributed by atoms with E-state index in [1.165, 1.54) is 10.6 Å². The molecule has 1 heterocycles. The first-order valence-electron chi connectivity index (χ1n) is 6.98. The number of benzene rings is 1. The average Bonchev–Trinajstić information content (AvgIpc) is 2.44. The Labute approximate surface area is 113 Å². The largest absolute Gasteiger partial charge is 0.327 e. The summed E-state index contributed by atoms with van der Waals surface area (Å²) in [5.74, 6) is 1.14. The summed E-state index contributed by atoms with van der Waals surface area (Å²) in [4.78, 5) is 4.79. The smallest absolute Gasteiger partial charge is 0.0709 e. The molecule has 0 saturated heterocycles. The van der Waals surface area contributed by atoms with E-state index in [1.54, 1.807) is 0 Å². The Morgan fingerprint density at radius 2 is 2.11 bits per heavy atom. The van der Waals surface area contributed by atoms with Crippen molar-refractivity contribution >= 4 is 23.1 Å². The van der Waals surface area contributed by atoms with Crippen LogP contribution in [0.3, 0.4) is 0 Å². The molecule has 2 nitrogen and oxygen atoms in total. The van der Waals surface area contributed by atoms with Crippen molar-refractivity contribution in [1.82, 2.24) is 4.98 Å². The topological polar surface area (TPSA) is 38.9 Å². The molecule has 3 unspecified atom stereocenters. The van der Waals surface area contributed by atoms with Gasteiger partial charge in [0.05, 0.1) is 10.9 Å². The second kappa shape index (κ2) is 4.78. The summed E-state index contributed by atoms with van der Waals surface area (Å²) >= 11 is 0. The molecule has 0 radical (unpaired) electrons. The number of aromatic nitrogens is 1. The van der Waals surface area contributed by atoms with Crippen molar-refractivity contribution in [1.29, 1.82) is 0 Å². The molecule has 0 spiro atoms. The Balaban J connectivity index is 2.20. The minimum absolute atomic E-state index is 0.299. The SMILES string of the molecule is C/C=c1/cc2ccccc2n/c1=C/C1C(C)CC1N. The van der Waals surface area contributed by atoms with Crippen molar-refractivity contribution in [2.24, 2.45) is 17.6 Å². The molecule has 98 valence electrons. The highest BCUT2D eigenvalue weighted by atomic mass is 14.7. The van der Waals surface area contributed by atoms with Crippen LogP contribution >= 0.6 is 0 Å². The first-order valence-corrected chi connectivity index (χ1v) is 6.98. The van der Waals surface area contributed by atoms with Gasteiger partial charge in [-0.3, -0.25) is 0 Å². The van der Waals surface area contributed by atoms with Gasteiger partial charge in [0.1, 0.15) is 0 Å². The van der Waals surface area contributed by atoms with Gasteiger partial charge in [-0.25, -0.2) is 4.98 Å². The van der Waals surface area contributed by atoms with Crippen LogP contribution in [-0.4, -0.2) is 11.0 Å². The molecule has 3 atom stereocenters. The van der Waals surface area contributed by atoms with Crippen LogP contribution < -0.4 is 16.3 Å². The number of rotatable bonds is 1. The van der Waals surface area contributed by atoms with Crippen LogP contribution in [0.4, 0.5) is 0 Å². The summed E-state index contributed by atoms with van der Waals surface area (Å²) in [5, 5.41) is 3.47. The van der Waals surface area contributed by atoms with Gasteiger partial charge in [0.15, 0.2) is 0 Å². The van der Waals surface area contributed by atoms with Crippen LogP contribution in [0.5, 0.6) is 0 Å². The zero-order valence-electron chi connectivity index (χ0n) is 11.5. The molecule has 0 bridgehead atoms. The maximum absolute atomic E-state index is 6.10. The Bertz CT molecular complexity index is 710. The van der Waals surface area contributed by atoms with Crippen LogP contribution in [0.15, 0.2) is 30.3 Å². The Morgan fingerprint density at radius 1 is 1.32 bits per heavy atom. The van der Waals surface area contributed by atoms with E-state index >= 15 is 0 Å². The lowest BCUT2D eigenvalue weighted by Gasteiger charge is -2.38. The van der Waals surface area contributed by atoms with Gasteiger partial charge in [0.25, 0.3) is 0 Å². The zero-order chi connectivity index (χ0) is 13.4. The monoisotopic (exact) mass is 252 g/mol. The van der Waals surface area contributed by atoms with E-state index in [0.717, 1.165) is 17.3 Å². The average molecular weight is 252 g/mol. The molecule has 2 heteroatoms. The highest BCUT2D eigenvalue weighted by molar-refractivity contribution is 5.78. The van der Waals surface area contributed by atoms with E-state index in [-0.39, 0.29) is 0 Å². The fraction of sp³-hybridized carbons (Fsp3) is 0.353. The van der Waals surface area contributed by atoms with Crippen LogP contribution in [0.2, 0.25) is 0 Å². The molecule has 1 saturated carbocycles. The summed E-state index contributed by atoms with van der Waals surface area (Å²) in [6.45, 7) is 4.33. The number of para-hydroxylation sites is 1. The van der Waals surface area contributed by atoms with E-state index in [0.29, 0.717) is 17.9 Å². The lowest BCUT2D eigenvalue weighted by atomic mass is 9.70. The zero-order valence-corrected chi connectivity index (χ0v) is 11.5. The van der Waals surface area contributed by atoms with Gasteiger partial charge < -0.3 is 5.73 Å². The molecular weight excluding hydrogens is 232 g/mol. The maximum atomic E-state index is 6.10. The van der Waals surface area contributed by atoms with Crippen molar-refractivity contribution < 1.29 is 0 Å². The molecule has 3 rings (SSSR count). The number of nitrogens with zero attached hydrogens (tertiary/aromatic N) is 1. The Hall–Kier alpha value is -1.67. The molecular formula is C17H20N2. The summed E-state index contributed by atoms with van der Waals surface area (Å²) in [6, 6.07) is 10.8. The van der Waals surface area contributed by atoms with Crippen molar-refractivity contribution in [3.05, 3.63) is 40.9 Å². The van der Waals surface area contributed by atoms with E-state index < -0.39 is 0 Å². The number of nitrogens with two attached hydrogens (primary N) is 1. The van der Waals surface area contributed by atoms with Crippen molar-refractivity contribution in [2.75, 3.05) is 0 Å². The van der Waals surface area contributed by atoms with E-state index in [9.17, 15) is 0 Å². The van der Waals surface area contributed by atoms with Crippen LogP contribution in [0.1, 0.15) is 20.3 Å². The quantitative estimate of drug-likeness (QED) is 0.840. The third-order valence-corrected chi connectivity index (χ3v) is 4.24. The summed E-state index contributed by atoms with van der Waals surface area (Å²) in [6.07, 6.45) is 5.51. The van der Waals surface area contributed by atoms with E-state index in [1.807, 2.05) is 6.07 Å². The van der Waals surface area contributed by atoms with Gasteiger partial charge >= 0.3 is 0 Å². The number of hydrogen-bond acceptors (Lipinski definition) is 2. The number of pyridine rings is 1. The number of hydrogen-bond donors (Lipinski definition) is 1. The molecule has 1 fully saturated rings. The lowest BCUT2D eigenvalue weighted by Crippen LogP contribution is -2.46. The normalized spacial score (nSPS) is 28.7. The van der Waals surface area contributed by atoms with Gasteiger partial charge in [-0.2, -0.15) is 0 Å². The fourth-order valence-electron chi connectivity index (χ4n) is 2.95. The Kier molecular flexibility index (Phi) is 3.11. The van der Waals surface area contributed by atoms with Crippen LogP contribution in [0.25, 0.3) is 23.1 Å². The van der Waals surface area contributed by atoms with Gasteiger partial charge in [-0.1, -0.05) is 37.3 Å². The molecule has 1 aromatic carbocycles. The maximum Gasteiger partial charge on any atom is 0.0709 e. The lowest BCUT2D eigenvalue weighted by molar-refractivity contribution is 0.217. The van der Waals surface area contributed by atoms with Crippen molar-refractivity contribution in [2.45, 2.75) is 26.3 Å². The standard InChI is InChI=1S/C17H20N2/c1-3-12-9-13-6-4-5-7-16(13)19-17(12)10-14-11(2)8-15(14)18/h3-7,9-11,14-15H,8,18H2,1-2H3/b12-3-,17-10+. The van der Waals surface area contributed by atoms with Gasteiger partial charge in [-0.05, 0) is 42.5 Å². The number of fused-ring (bicyclic) bond motifs is 1. The molecule has 2 N–H and O–H groups in total. The van der Waals surface area contributed by atoms with Crippen LogP contribution in [0, 0.1) is 11.8 Å². The molecule has 0 amide bonds. The first kappa shape index (κ1) is 12.4. The highest BCUT2D eigenvalue weighted by Gasteiger charge is 2.33. The molecule has 2 aromatic rings. The first-order chi connectivity index (χ1) is 9.19. The second-order valence-corrected chi connectivity index (χ2v) is 5.57. The van der Waals surface area contributed by atoms with E-state index in [2.05, 4.69) is 50.3 Å². The molecule has 1 aliphatic rings. The van der Waals surface area contributed by atoms with E-state index in [4.69, 9.17) is 10.7 Å². The van der Waals surface area contributed by atoms with Gasteiger partial charge in [0, 0.05) is 11.4 Å². The Morgan fingerprint density at radius 3 is 2.79 bits per heavy atom. The molecule has 1 aliphatic carbocycles.